The van der Waals surface area contributed by atoms with Crippen molar-refractivity contribution < 1.29 is 23.1 Å². The topological polar surface area (TPSA) is 86.6 Å². The Bertz CT molecular complexity index is 1020. The largest absolute Gasteiger partial charge is 2.00 e. The van der Waals surface area contributed by atoms with Crippen LogP contribution in [0.2, 0.25) is 26.4 Å². The fraction of sp³-hybridized carbons (Fsp3) is 0.182. The first-order valence-corrected chi connectivity index (χ1v) is 11.7. The number of rotatable bonds is 1. The smallest absolute Gasteiger partial charge is 1.00 e. The molecule has 1 fully saturated rings. The van der Waals surface area contributed by atoms with Crippen molar-refractivity contribution in [3.8, 4) is 11.4 Å². The van der Waals surface area contributed by atoms with Gasteiger partial charge in [-0.25, -0.2) is 0 Å². The minimum absolute atomic E-state index is 0. The molecule has 0 unspecified atom stereocenters. The van der Waals surface area contributed by atoms with Gasteiger partial charge in [-0.2, -0.15) is 66.3 Å². The number of benzene rings is 2. The van der Waals surface area contributed by atoms with Gasteiger partial charge in [-0.15, -0.1) is 0 Å². The summed E-state index contributed by atoms with van der Waals surface area (Å²) in [4.78, 5) is 22.0. The van der Waals surface area contributed by atoms with E-state index < -0.39 is 0 Å². The molecule has 2 aromatic heterocycles. The van der Waals surface area contributed by atoms with Crippen LogP contribution in [-0.2, 0) is 4.74 Å². The first-order valence-electron chi connectivity index (χ1n) is 9.78. The third kappa shape index (κ3) is 16.1. The first kappa shape index (κ1) is 35.1. The molecule has 0 bridgehead atoms. The van der Waals surface area contributed by atoms with E-state index >= 15 is 0 Å². The quantitative estimate of drug-likeness (QED) is 0.226. The molecule has 1 aliphatic heterocycles. The van der Waals surface area contributed by atoms with Crippen LogP contribution in [-0.4, -0.2) is 66.2 Å². The molecule has 0 N–H and O–H groups in total. The van der Waals surface area contributed by atoms with Gasteiger partial charge in [0.25, 0.3) is 0 Å². The van der Waals surface area contributed by atoms with E-state index in [2.05, 4.69) is 36.0 Å². The van der Waals surface area contributed by atoms with Crippen molar-refractivity contribution >= 4 is 81.1 Å². The van der Waals surface area contributed by atoms with Gasteiger partial charge < -0.3 is 21.7 Å². The van der Waals surface area contributed by atoms with Gasteiger partial charge >= 0.3 is 23.1 Å². The number of halogens is 6. The zero-order chi connectivity index (χ0) is 24.6. The Labute approximate surface area is 262 Å². The van der Waals surface area contributed by atoms with E-state index in [-0.39, 0.29) is 67.9 Å². The van der Waals surface area contributed by atoms with Crippen LogP contribution >= 0.6 is 58.0 Å². The molecule has 0 amide bonds. The summed E-state index contributed by atoms with van der Waals surface area (Å²) in [6.45, 7) is 2.00. The fourth-order valence-corrected chi connectivity index (χ4v) is 3.17. The zero-order valence-corrected chi connectivity index (χ0v) is 25.4. The van der Waals surface area contributed by atoms with Crippen LogP contribution in [0.1, 0.15) is 14.3 Å². The summed E-state index contributed by atoms with van der Waals surface area (Å²) in [6.07, 6.45) is 2.56. The first-order chi connectivity index (χ1) is 16.4. The Kier molecular flexibility index (Phi) is 20.6. The molecule has 0 saturated carbocycles. The molecule has 0 aliphatic carbocycles. The summed E-state index contributed by atoms with van der Waals surface area (Å²) >= 11 is 27.3. The van der Waals surface area contributed by atoms with Crippen LogP contribution in [0.15, 0.2) is 60.7 Å². The van der Waals surface area contributed by atoms with E-state index in [9.17, 15) is 0 Å². The summed E-state index contributed by atoms with van der Waals surface area (Å²) in [5.41, 5.74) is 0.860. The van der Waals surface area contributed by atoms with Gasteiger partial charge in [0.2, 0.25) is 26.4 Å². The predicted octanol–water partition coefficient (Wildman–Crippen LogP) is 3.83. The van der Waals surface area contributed by atoms with Crippen LogP contribution in [0.5, 0.6) is 0 Å². The van der Waals surface area contributed by atoms with E-state index in [0.717, 1.165) is 18.8 Å². The summed E-state index contributed by atoms with van der Waals surface area (Å²) < 4.78 is 4.94. The van der Waals surface area contributed by atoms with Crippen molar-refractivity contribution in [1.82, 2.24) is 29.9 Å². The van der Waals surface area contributed by atoms with E-state index in [1.165, 1.54) is 12.8 Å². The van der Waals surface area contributed by atoms with Crippen LogP contribution in [0.25, 0.3) is 11.4 Å². The second-order valence-electron chi connectivity index (χ2n) is 6.10. The molecule has 188 valence electrons. The Morgan fingerprint density at radius 3 is 1.31 bits per heavy atom. The van der Waals surface area contributed by atoms with Gasteiger partial charge in [-0.3, -0.25) is 0 Å². The SMILES string of the molecule is C1CCOC1.Clc1nc(Cl)nc(-c2ccccc2)n1.Clc1nc(Cl)nc(Cl)n1.[2HH].[Br-].[Mg+2].[c-]1ccccc1. The average Bonchev–Trinajstić information content (AvgIpc) is 3.41. The van der Waals surface area contributed by atoms with Crippen LogP contribution in [0.3, 0.4) is 0 Å². The maximum atomic E-state index is 5.65. The Morgan fingerprint density at radius 2 is 1.00 bits per heavy atom. The van der Waals surface area contributed by atoms with E-state index in [4.69, 9.17) is 62.7 Å². The normalized spacial score (nSPS) is 11.0. The van der Waals surface area contributed by atoms with Crippen molar-refractivity contribution in [2.24, 2.45) is 0 Å². The minimum Gasteiger partial charge on any atom is -1.00 e. The van der Waals surface area contributed by atoms with Crippen molar-refractivity contribution in [1.29, 1.82) is 0 Å². The standard InChI is InChI=1S/C9H5Cl2N3.C6H5.C4H8O.C3Cl3N3.BrH.Mg.H2/c10-8-12-7(13-9(11)14-8)6-4-2-1-3-5-6;1-2-4-6-5-3-1;1-2-4-5-3-1;4-1-7-2(5)9-3(6)8-1;;;/h1-5H;1-5H;1-4H2;;1H;;1H/q;-1;;;;+2;/p-1/i;;;;;;1+1. The summed E-state index contributed by atoms with van der Waals surface area (Å²) in [6, 6.07) is 21.9. The van der Waals surface area contributed by atoms with Crippen molar-refractivity contribution in [2.45, 2.75) is 12.8 Å². The number of hydrogen-bond acceptors (Lipinski definition) is 7. The van der Waals surface area contributed by atoms with Gasteiger partial charge in [0, 0.05) is 20.2 Å². The Morgan fingerprint density at radius 1 is 0.611 bits per heavy atom. The van der Waals surface area contributed by atoms with Crippen molar-refractivity contribution in [2.75, 3.05) is 13.2 Å². The number of ether oxygens (including phenoxy) is 1. The molecular formula is C22H20BrCl5MgN6O. The molecule has 2 aromatic carbocycles. The van der Waals surface area contributed by atoms with E-state index in [1.54, 1.807) is 0 Å². The zero-order valence-electron chi connectivity index (χ0n) is 18.7. The molecule has 1 aliphatic rings. The van der Waals surface area contributed by atoms with Crippen molar-refractivity contribution in [3.63, 3.8) is 0 Å². The van der Waals surface area contributed by atoms with Gasteiger partial charge in [-0.05, 0) is 70.8 Å². The molecule has 0 radical (unpaired) electrons. The molecule has 14 heteroatoms. The molecule has 7 nitrogen and oxygen atoms in total. The third-order valence-corrected chi connectivity index (χ3v) is 4.45. The predicted molar refractivity (Wildman–Crippen MR) is 143 cm³/mol. The van der Waals surface area contributed by atoms with E-state index in [1.807, 2.05) is 60.7 Å². The molecular weight excluding hydrogens is 646 g/mol. The number of hydrogen-bond donors (Lipinski definition) is 0. The fourth-order valence-electron chi connectivity index (χ4n) is 2.20. The third-order valence-electron chi connectivity index (χ3n) is 3.60. The monoisotopic (exact) mass is 663 g/mol. The molecule has 36 heavy (non-hydrogen) atoms. The molecule has 3 heterocycles. The average molecular weight is 667 g/mol. The number of aromatic nitrogens is 6. The second kappa shape index (κ2) is 21.1. The molecule has 0 spiro atoms. The van der Waals surface area contributed by atoms with Crippen LogP contribution < -0.4 is 17.0 Å². The van der Waals surface area contributed by atoms with Gasteiger partial charge in [0.1, 0.15) is 0 Å². The van der Waals surface area contributed by atoms with Gasteiger partial charge in [0.05, 0.1) is 0 Å². The van der Waals surface area contributed by atoms with Gasteiger partial charge in [0.15, 0.2) is 5.82 Å². The van der Waals surface area contributed by atoms with E-state index in [0.29, 0.717) is 5.82 Å². The molecule has 0 atom stereocenters. The van der Waals surface area contributed by atoms with Crippen LogP contribution in [0, 0.1) is 6.07 Å². The Hall–Kier alpha value is -0.884. The van der Waals surface area contributed by atoms with Crippen molar-refractivity contribution in [3.05, 3.63) is 93.1 Å². The summed E-state index contributed by atoms with van der Waals surface area (Å²) in [5.74, 6) is 0.482. The second-order valence-corrected chi connectivity index (χ2v) is 7.79. The molecule has 1 saturated heterocycles. The Balaban J connectivity index is 0. The minimum atomic E-state index is 0. The summed E-state index contributed by atoms with van der Waals surface area (Å²) in [5, 5.41) is 0.202. The molecule has 4 aromatic rings. The summed E-state index contributed by atoms with van der Waals surface area (Å²) in [7, 11) is 0. The number of nitrogens with zero attached hydrogens (tertiary/aromatic N) is 6. The van der Waals surface area contributed by atoms with Gasteiger partial charge in [-0.1, -0.05) is 30.3 Å². The maximum absolute atomic E-state index is 5.65. The maximum Gasteiger partial charge on any atom is 2.00 e. The van der Waals surface area contributed by atoms with Crippen LogP contribution in [0.4, 0.5) is 0 Å². The molecule has 5 rings (SSSR count).